The molecule has 2 rings (SSSR count). The zero-order valence-corrected chi connectivity index (χ0v) is 15.2. The molecule has 0 spiro atoms. The number of benzene rings is 1. The highest BCUT2D eigenvalue weighted by Gasteiger charge is 2.17. The molecular formula is C19H23N3O3. The maximum Gasteiger partial charge on any atom is 0.254 e. The second kappa shape index (κ2) is 7.79. The predicted octanol–water partition coefficient (Wildman–Crippen LogP) is 2.73. The maximum atomic E-state index is 12.4. The lowest BCUT2D eigenvalue weighted by Crippen LogP contribution is -2.35. The lowest BCUT2D eigenvalue weighted by Gasteiger charge is -2.18. The van der Waals surface area contributed by atoms with Crippen LogP contribution in [-0.4, -0.2) is 42.4 Å². The van der Waals surface area contributed by atoms with Gasteiger partial charge >= 0.3 is 0 Å². The Kier molecular flexibility index (Phi) is 5.75. The molecule has 0 atom stereocenters. The van der Waals surface area contributed by atoms with Crippen LogP contribution in [0.1, 0.15) is 27.0 Å². The van der Waals surface area contributed by atoms with E-state index in [4.69, 9.17) is 4.74 Å². The summed E-state index contributed by atoms with van der Waals surface area (Å²) in [5, 5.41) is 2.90. The number of likely N-dealkylation sites (N-methyl/N-ethyl adjacent to an activating group) is 1. The molecule has 2 aromatic rings. The summed E-state index contributed by atoms with van der Waals surface area (Å²) in [5.74, 6) is -0.158. The van der Waals surface area contributed by atoms with E-state index in [0.29, 0.717) is 11.4 Å². The summed E-state index contributed by atoms with van der Waals surface area (Å²) in [6.45, 7) is 5.87. The molecule has 6 nitrogen and oxygen atoms in total. The second-order valence-corrected chi connectivity index (χ2v) is 6.07. The van der Waals surface area contributed by atoms with Crippen LogP contribution in [0.3, 0.4) is 0 Å². The van der Waals surface area contributed by atoms with Gasteiger partial charge in [-0.15, -0.1) is 0 Å². The molecule has 1 N–H and O–H groups in total. The first-order valence-electron chi connectivity index (χ1n) is 7.95. The first-order chi connectivity index (χ1) is 11.8. The van der Waals surface area contributed by atoms with Crippen molar-refractivity contribution in [2.24, 2.45) is 0 Å². The molecule has 1 aromatic carbocycles. The molecule has 0 radical (unpaired) electrons. The van der Waals surface area contributed by atoms with Crippen molar-refractivity contribution in [2.45, 2.75) is 20.8 Å². The predicted molar refractivity (Wildman–Crippen MR) is 97.0 cm³/mol. The van der Waals surface area contributed by atoms with Gasteiger partial charge in [0.2, 0.25) is 11.8 Å². The highest BCUT2D eigenvalue weighted by atomic mass is 16.5. The van der Waals surface area contributed by atoms with Gasteiger partial charge in [0.1, 0.15) is 0 Å². The minimum atomic E-state index is -0.270. The first kappa shape index (κ1) is 18.4. The zero-order chi connectivity index (χ0) is 18.6. The Hall–Kier alpha value is -2.89. The van der Waals surface area contributed by atoms with Crippen molar-refractivity contribution in [2.75, 3.05) is 26.0 Å². The van der Waals surface area contributed by atoms with Crippen LogP contribution in [0.2, 0.25) is 0 Å². The van der Waals surface area contributed by atoms with E-state index in [9.17, 15) is 9.59 Å². The van der Waals surface area contributed by atoms with Crippen LogP contribution in [0, 0.1) is 20.8 Å². The van der Waals surface area contributed by atoms with Gasteiger partial charge in [0.05, 0.1) is 13.7 Å². The third-order valence-electron chi connectivity index (χ3n) is 3.86. The number of anilines is 1. The fraction of sp³-hybridized carbons (Fsp3) is 0.316. The Morgan fingerprint density at radius 2 is 1.80 bits per heavy atom. The second-order valence-electron chi connectivity index (χ2n) is 6.07. The number of methoxy groups -OCH3 is 1. The summed E-state index contributed by atoms with van der Waals surface area (Å²) in [6, 6.07) is 7.17. The van der Waals surface area contributed by atoms with Crippen molar-refractivity contribution in [3.05, 3.63) is 52.7 Å². The summed E-state index contributed by atoms with van der Waals surface area (Å²) in [5.41, 5.74) is 4.36. The van der Waals surface area contributed by atoms with Crippen LogP contribution >= 0.6 is 0 Å². The van der Waals surface area contributed by atoms with Gasteiger partial charge in [-0.3, -0.25) is 9.59 Å². The number of carbonyl (C=O) groups excluding carboxylic acids is 2. The Morgan fingerprint density at radius 3 is 2.40 bits per heavy atom. The molecule has 0 aliphatic carbocycles. The van der Waals surface area contributed by atoms with Gasteiger partial charge in [0.25, 0.3) is 5.91 Å². The van der Waals surface area contributed by atoms with Gasteiger partial charge < -0.3 is 15.0 Å². The molecule has 1 aromatic heterocycles. The van der Waals surface area contributed by atoms with E-state index < -0.39 is 0 Å². The minimum Gasteiger partial charge on any atom is -0.481 e. The average Bonchev–Trinajstić information content (AvgIpc) is 2.57. The molecule has 6 heteroatoms. The molecule has 0 unspecified atom stereocenters. The number of hydrogen-bond acceptors (Lipinski definition) is 4. The van der Waals surface area contributed by atoms with Crippen LogP contribution in [0.5, 0.6) is 5.88 Å². The SMILES string of the molecule is COc1cc(C(=O)N(C)CC(=O)Nc2c(C)cc(C)cc2C)ccn1. The first-order valence-corrected chi connectivity index (χ1v) is 7.95. The third-order valence-corrected chi connectivity index (χ3v) is 3.86. The fourth-order valence-corrected chi connectivity index (χ4v) is 2.72. The Balaban J connectivity index is 2.06. The number of aromatic nitrogens is 1. The van der Waals surface area contributed by atoms with Gasteiger partial charge in [-0.2, -0.15) is 0 Å². The Labute approximate surface area is 147 Å². The summed E-state index contributed by atoms with van der Waals surface area (Å²) in [7, 11) is 3.07. The number of aryl methyl sites for hydroxylation is 3. The maximum absolute atomic E-state index is 12.4. The van der Waals surface area contributed by atoms with Crippen molar-refractivity contribution in [1.82, 2.24) is 9.88 Å². The largest absolute Gasteiger partial charge is 0.481 e. The van der Waals surface area contributed by atoms with Crippen molar-refractivity contribution in [1.29, 1.82) is 0 Å². The Bertz CT molecular complexity index is 779. The molecule has 0 aliphatic rings. The molecule has 132 valence electrons. The number of pyridine rings is 1. The van der Waals surface area contributed by atoms with Crippen LogP contribution in [0.15, 0.2) is 30.5 Å². The molecule has 0 saturated heterocycles. The highest BCUT2D eigenvalue weighted by molar-refractivity contribution is 5.99. The zero-order valence-electron chi connectivity index (χ0n) is 15.2. The minimum absolute atomic E-state index is 0.0454. The Morgan fingerprint density at radius 1 is 1.16 bits per heavy atom. The van der Waals surface area contributed by atoms with Crippen molar-refractivity contribution in [3.8, 4) is 5.88 Å². The fourth-order valence-electron chi connectivity index (χ4n) is 2.72. The van der Waals surface area contributed by atoms with Crippen molar-refractivity contribution < 1.29 is 14.3 Å². The summed E-state index contributed by atoms with van der Waals surface area (Å²) >= 11 is 0. The normalized spacial score (nSPS) is 10.3. The number of ether oxygens (including phenoxy) is 1. The summed E-state index contributed by atoms with van der Waals surface area (Å²) in [4.78, 5) is 30.1. The van der Waals surface area contributed by atoms with E-state index in [-0.39, 0.29) is 18.4 Å². The third kappa shape index (κ3) is 4.56. The molecule has 0 bridgehead atoms. The monoisotopic (exact) mass is 341 g/mol. The lowest BCUT2D eigenvalue weighted by atomic mass is 10.1. The molecule has 25 heavy (non-hydrogen) atoms. The lowest BCUT2D eigenvalue weighted by molar-refractivity contribution is -0.116. The van der Waals surface area contributed by atoms with Gasteiger partial charge in [0.15, 0.2) is 0 Å². The number of rotatable bonds is 5. The van der Waals surface area contributed by atoms with Crippen LogP contribution in [0.25, 0.3) is 0 Å². The van der Waals surface area contributed by atoms with Crippen LogP contribution in [-0.2, 0) is 4.79 Å². The van der Waals surface area contributed by atoms with E-state index in [0.717, 1.165) is 22.4 Å². The molecule has 0 aliphatic heterocycles. The van der Waals surface area contributed by atoms with Gasteiger partial charge in [-0.05, 0) is 38.0 Å². The standard InChI is InChI=1S/C19H23N3O3/c1-12-8-13(2)18(14(3)9-12)21-16(23)11-22(4)19(24)15-6-7-20-17(10-15)25-5/h6-10H,11H2,1-5H3,(H,21,23). The molecule has 2 amide bonds. The smallest absolute Gasteiger partial charge is 0.254 e. The molecule has 0 saturated carbocycles. The molecule has 1 heterocycles. The number of nitrogens with zero attached hydrogens (tertiary/aromatic N) is 2. The van der Waals surface area contributed by atoms with Gasteiger partial charge in [-0.1, -0.05) is 17.7 Å². The summed E-state index contributed by atoms with van der Waals surface area (Å²) in [6.07, 6.45) is 1.50. The molecule has 0 fully saturated rings. The number of hydrogen-bond donors (Lipinski definition) is 1. The number of carbonyl (C=O) groups is 2. The van der Waals surface area contributed by atoms with E-state index in [1.807, 2.05) is 32.9 Å². The van der Waals surface area contributed by atoms with E-state index >= 15 is 0 Å². The topological polar surface area (TPSA) is 71.5 Å². The highest BCUT2D eigenvalue weighted by Crippen LogP contribution is 2.21. The van der Waals surface area contributed by atoms with Crippen LogP contribution < -0.4 is 10.1 Å². The van der Waals surface area contributed by atoms with Gasteiger partial charge in [0, 0.05) is 30.6 Å². The van der Waals surface area contributed by atoms with E-state index in [1.165, 1.54) is 18.2 Å². The van der Waals surface area contributed by atoms with Gasteiger partial charge in [-0.25, -0.2) is 4.98 Å². The number of nitrogens with one attached hydrogen (secondary N) is 1. The van der Waals surface area contributed by atoms with Crippen molar-refractivity contribution in [3.63, 3.8) is 0 Å². The summed E-state index contributed by atoms with van der Waals surface area (Å²) < 4.78 is 5.02. The molecular weight excluding hydrogens is 318 g/mol. The van der Waals surface area contributed by atoms with E-state index in [1.54, 1.807) is 19.2 Å². The quantitative estimate of drug-likeness (QED) is 0.908. The number of amides is 2. The van der Waals surface area contributed by atoms with Crippen LogP contribution in [0.4, 0.5) is 5.69 Å². The average molecular weight is 341 g/mol. The van der Waals surface area contributed by atoms with Crippen molar-refractivity contribution >= 4 is 17.5 Å². The van der Waals surface area contributed by atoms with E-state index in [2.05, 4.69) is 10.3 Å².